The topological polar surface area (TPSA) is 111 Å². The standard InChI is InChI=1S/C94H175NO8/c1-6-8-10-12-14-16-18-20-22-24-26-28-30-32-34-36-38-40-42-44-45-46-47-49-51-53-55-57-59-61-63-65-67-69-71-73-75-77-79-81-83-85-92(97)103-90(89-102-94(93(98)99)100-87-86-95(3,4)5)88-101-91(96)84-82-80-78-76-74-72-70-68-66-64-62-60-58-56-54-52-50-48-43-41-39-37-35-33-31-29-27-25-23-21-19-17-15-13-11-9-7-2/h18-21,24-27,30,32,90,94H,6-17,22-23,28-29,31,33-89H2,1-5H3/b20-18-,21-19-,26-24-,27-25-,32-30-. The van der Waals surface area contributed by atoms with Crippen molar-refractivity contribution in [3.8, 4) is 0 Å². The van der Waals surface area contributed by atoms with Gasteiger partial charge in [0.25, 0.3) is 0 Å². The van der Waals surface area contributed by atoms with Crippen molar-refractivity contribution in [3.05, 3.63) is 60.8 Å². The van der Waals surface area contributed by atoms with E-state index in [2.05, 4.69) is 74.6 Å². The maximum atomic E-state index is 13.0. The number of likely N-dealkylation sites (N-methyl/N-ethyl adjacent to an activating group) is 1. The summed E-state index contributed by atoms with van der Waals surface area (Å²) in [4.78, 5) is 37.7. The number of nitrogens with zero attached hydrogens (tertiary/aromatic N) is 1. The van der Waals surface area contributed by atoms with E-state index in [1.54, 1.807) is 0 Å². The van der Waals surface area contributed by atoms with Crippen LogP contribution in [0.3, 0.4) is 0 Å². The van der Waals surface area contributed by atoms with Crippen molar-refractivity contribution >= 4 is 17.9 Å². The van der Waals surface area contributed by atoms with Gasteiger partial charge in [-0.25, -0.2) is 0 Å². The van der Waals surface area contributed by atoms with Crippen LogP contribution in [0.5, 0.6) is 0 Å². The van der Waals surface area contributed by atoms with Gasteiger partial charge in [-0.15, -0.1) is 0 Å². The lowest BCUT2D eigenvalue weighted by Gasteiger charge is -2.26. The molecule has 0 rings (SSSR count). The van der Waals surface area contributed by atoms with E-state index in [1.165, 1.54) is 379 Å². The number of hydrogen-bond donors (Lipinski definition) is 0. The van der Waals surface area contributed by atoms with Crippen LogP contribution < -0.4 is 5.11 Å². The zero-order valence-corrected chi connectivity index (χ0v) is 69.5. The lowest BCUT2D eigenvalue weighted by molar-refractivity contribution is -0.870. The highest BCUT2D eigenvalue weighted by Crippen LogP contribution is 2.21. The van der Waals surface area contributed by atoms with Crippen molar-refractivity contribution in [2.45, 2.75) is 476 Å². The molecule has 0 aromatic rings. The third-order valence-electron chi connectivity index (χ3n) is 20.7. The summed E-state index contributed by atoms with van der Waals surface area (Å²) in [6, 6.07) is 0. The number of allylic oxidation sites excluding steroid dienone is 10. The van der Waals surface area contributed by atoms with E-state index in [9.17, 15) is 19.5 Å². The molecule has 103 heavy (non-hydrogen) atoms. The minimum absolute atomic E-state index is 0.151. The summed E-state index contributed by atoms with van der Waals surface area (Å²) in [5, 5.41) is 11.9. The lowest BCUT2D eigenvalue weighted by Crippen LogP contribution is -2.44. The molecule has 0 spiro atoms. The second kappa shape index (κ2) is 84.6. The van der Waals surface area contributed by atoms with Crippen LogP contribution in [0.4, 0.5) is 0 Å². The van der Waals surface area contributed by atoms with E-state index < -0.39 is 24.3 Å². The molecule has 604 valence electrons. The Balaban J connectivity index is 3.89. The van der Waals surface area contributed by atoms with E-state index in [4.69, 9.17) is 18.9 Å². The molecule has 0 aromatic heterocycles. The molecule has 0 fully saturated rings. The van der Waals surface area contributed by atoms with Gasteiger partial charge in [0.1, 0.15) is 13.2 Å². The van der Waals surface area contributed by atoms with E-state index in [0.29, 0.717) is 17.4 Å². The summed E-state index contributed by atoms with van der Waals surface area (Å²) >= 11 is 0. The van der Waals surface area contributed by atoms with Crippen LogP contribution in [0.2, 0.25) is 0 Å². The molecular formula is C94H175NO8. The number of hydrogen-bond acceptors (Lipinski definition) is 8. The average Bonchev–Trinajstić information content (AvgIpc) is 1.01. The molecule has 0 bridgehead atoms. The summed E-state index contributed by atoms with van der Waals surface area (Å²) in [7, 11) is 5.96. The molecule has 0 saturated carbocycles. The van der Waals surface area contributed by atoms with Crippen LogP contribution in [0, 0.1) is 0 Å². The molecule has 0 aliphatic carbocycles. The molecule has 2 atom stereocenters. The van der Waals surface area contributed by atoms with Crippen LogP contribution >= 0.6 is 0 Å². The quantitative estimate of drug-likeness (QED) is 0.0195. The number of carboxylic acid groups (broad SMARTS) is 1. The SMILES string of the molecule is CCCCCCC/C=C\C/C=C\C/C=C\CCCCCCCCCCCCCCCCCCCCCCCCCCCCC(=O)OC(COC(=O)CCCCCCCCCCCCCCCCCCCCCCCCCCC/C=C\C/C=C\CCCCCCC)COC(OCC[N+](C)(C)C)C(=O)[O-]. The molecule has 9 heteroatoms. The summed E-state index contributed by atoms with van der Waals surface area (Å²) in [6.45, 7) is 4.81. The fraction of sp³-hybridized carbons (Fsp3) is 0.862. The number of unbranched alkanes of at least 4 members (excludes halogenated alkanes) is 61. The number of aliphatic carboxylic acids is 1. The Morgan fingerprint density at radius 3 is 0.777 bits per heavy atom. The Kier molecular flexibility index (Phi) is 82.1. The zero-order valence-electron chi connectivity index (χ0n) is 69.5. The molecule has 0 radical (unpaired) electrons. The van der Waals surface area contributed by atoms with Crippen molar-refractivity contribution < 1.29 is 42.9 Å². The van der Waals surface area contributed by atoms with Gasteiger partial charge in [-0.05, 0) is 83.5 Å². The van der Waals surface area contributed by atoms with Crippen LogP contribution in [-0.2, 0) is 33.3 Å². The molecule has 9 nitrogen and oxygen atoms in total. The molecule has 0 aliphatic heterocycles. The Labute approximate surface area is 641 Å². The molecule has 0 N–H and O–H groups in total. The minimum atomic E-state index is -1.62. The van der Waals surface area contributed by atoms with Crippen molar-refractivity contribution in [1.82, 2.24) is 0 Å². The van der Waals surface area contributed by atoms with Gasteiger partial charge in [0.2, 0.25) is 0 Å². The lowest BCUT2D eigenvalue weighted by atomic mass is 10.0. The third kappa shape index (κ3) is 86.1. The van der Waals surface area contributed by atoms with Crippen molar-refractivity contribution in [2.24, 2.45) is 0 Å². The average molecular weight is 1450 g/mol. The Bertz CT molecular complexity index is 1880. The smallest absolute Gasteiger partial charge is 0.306 e. The Morgan fingerprint density at radius 2 is 0.524 bits per heavy atom. The van der Waals surface area contributed by atoms with Gasteiger partial charge in [-0.3, -0.25) is 9.59 Å². The predicted molar refractivity (Wildman–Crippen MR) is 445 cm³/mol. The molecule has 0 heterocycles. The number of carbonyl (C=O) groups is 3. The van der Waals surface area contributed by atoms with Crippen molar-refractivity contribution in [2.75, 3.05) is 47.5 Å². The predicted octanol–water partition coefficient (Wildman–Crippen LogP) is 28.4. The number of esters is 2. The van der Waals surface area contributed by atoms with Crippen LogP contribution in [-0.4, -0.2) is 82.3 Å². The normalized spacial score (nSPS) is 12.8. The van der Waals surface area contributed by atoms with Gasteiger partial charge < -0.3 is 33.3 Å². The van der Waals surface area contributed by atoms with E-state index in [1.807, 2.05) is 21.1 Å². The monoisotopic (exact) mass is 1450 g/mol. The van der Waals surface area contributed by atoms with E-state index >= 15 is 0 Å². The third-order valence-corrected chi connectivity index (χ3v) is 20.7. The number of rotatable bonds is 86. The molecule has 0 saturated heterocycles. The van der Waals surface area contributed by atoms with Gasteiger partial charge in [0.05, 0.1) is 40.3 Å². The number of carbonyl (C=O) groups excluding carboxylic acids is 3. The minimum Gasteiger partial charge on any atom is -0.545 e. The Morgan fingerprint density at radius 1 is 0.291 bits per heavy atom. The second-order valence-electron chi connectivity index (χ2n) is 32.2. The van der Waals surface area contributed by atoms with Crippen LogP contribution in [0.15, 0.2) is 60.8 Å². The highest BCUT2D eigenvalue weighted by Gasteiger charge is 2.22. The zero-order chi connectivity index (χ0) is 74.6. The van der Waals surface area contributed by atoms with Crippen LogP contribution in [0.25, 0.3) is 0 Å². The molecule has 2 unspecified atom stereocenters. The summed E-state index contributed by atoms with van der Waals surface area (Å²) < 4.78 is 22.9. The summed E-state index contributed by atoms with van der Waals surface area (Å²) in [5.41, 5.74) is 0. The second-order valence-corrected chi connectivity index (χ2v) is 32.2. The van der Waals surface area contributed by atoms with Crippen molar-refractivity contribution in [1.29, 1.82) is 0 Å². The first kappa shape index (κ1) is 100.0. The molecule has 0 aliphatic rings. The van der Waals surface area contributed by atoms with Crippen LogP contribution in [0.1, 0.15) is 463 Å². The Hall–Kier alpha value is -3.01. The largest absolute Gasteiger partial charge is 0.545 e. The number of ether oxygens (including phenoxy) is 4. The van der Waals surface area contributed by atoms with Gasteiger partial charge in [-0.1, -0.05) is 428 Å². The highest BCUT2D eigenvalue weighted by atomic mass is 16.7. The van der Waals surface area contributed by atoms with Gasteiger partial charge in [0.15, 0.2) is 12.4 Å². The van der Waals surface area contributed by atoms with E-state index in [-0.39, 0.29) is 32.2 Å². The molecule has 0 amide bonds. The summed E-state index contributed by atoms with van der Waals surface area (Å²) in [6.07, 6.45) is 111. The number of quaternary nitrogens is 1. The fourth-order valence-corrected chi connectivity index (χ4v) is 13.8. The molecular weight excluding hydrogens is 1270 g/mol. The maximum Gasteiger partial charge on any atom is 0.306 e. The summed E-state index contributed by atoms with van der Waals surface area (Å²) in [5.74, 6) is -2.25. The number of carboxylic acids is 1. The van der Waals surface area contributed by atoms with Gasteiger partial charge in [-0.2, -0.15) is 0 Å². The first-order chi connectivity index (χ1) is 50.6. The highest BCUT2D eigenvalue weighted by molar-refractivity contribution is 5.70. The molecule has 0 aromatic carbocycles. The van der Waals surface area contributed by atoms with E-state index in [0.717, 1.165) is 57.8 Å². The first-order valence-corrected chi connectivity index (χ1v) is 45.4. The van der Waals surface area contributed by atoms with Gasteiger partial charge in [0, 0.05) is 12.8 Å². The maximum absolute atomic E-state index is 13.0. The van der Waals surface area contributed by atoms with Crippen molar-refractivity contribution in [3.63, 3.8) is 0 Å². The fourth-order valence-electron chi connectivity index (χ4n) is 13.8. The first-order valence-electron chi connectivity index (χ1n) is 45.4. The van der Waals surface area contributed by atoms with Gasteiger partial charge >= 0.3 is 11.9 Å².